The zero-order valence-corrected chi connectivity index (χ0v) is 19.4. The molecule has 2 rings (SSSR count). The predicted octanol–water partition coefficient (Wildman–Crippen LogP) is -0.709. The minimum Gasteiger partial charge on any atom is -1.00 e. The Hall–Kier alpha value is 0.380. The summed E-state index contributed by atoms with van der Waals surface area (Å²) in [6.07, 6.45) is 3.56. The first-order valence-electron chi connectivity index (χ1n) is 7.51. The second kappa shape index (κ2) is 17.7. The molecule has 22 heavy (non-hydrogen) atoms. The molecule has 0 radical (unpaired) electrons. The number of aryl methyl sites for hydroxylation is 2. The molecule has 0 unspecified atom stereocenters. The zero-order valence-electron chi connectivity index (χ0n) is 14.4. The van der Waals surface area contributed by atoms with Crippen LogP contribution in [-0.4, -0.2) is 5.43 Å². The van der Waals surface area contributed by atoms with E-state index >= 15 is 0 Å². The van der Waals surface area contributed by atoms with Crippen LogP contribution in [0.1, 0.15) is 37.5 Å². The van der Waals surface area contributed by atoms with Gasteiger partial charge in [-0.15, -0.1) is 0 Å². The quantitative estimate of drug-likeness (QED) is 0.442. The van der Waals surface area contributed by atoms with Crippen molar-refractivity contribution >= 4 is 5.43 Å². The van der Waals surface area contributed by atoms with Crippen molar-refractivity contribution in [2.45, 2.75) is 53.1 Å². The molecular formula is C18H28Cl2SiZr-2. The van der Waals surface area contributed by atoms with Crippen LogP contribution in [0, 0.1) is 0 Å². The van der Waals surface area contributed by atoms with Crippen molar-refractivity contribution in [2.75, 3.05) is 0 Å². The second-order valence-electron chi connectivity index (χ2n) is 4.89. The number of hydrogen-bond donors (Lipinski definition) is 0. The van der Waals surface area contributed by atoms with Gasteiger partial charge in [0.15, 0.2) is 0 Å². The molecule has 0 nitrogen and oxygen atoms in total. The van der Waals surface area contributed by atoms with Crippen LogP contribution in [-0.2, 0) is 42.6 Å². The zero-order chi connectivity index (χ0) is 15.4. The molecule has 0 aliphatic heterocycles. The minimum atomic E-state index is 0. The normalized spacial score (nSPS) is 8.32. The summed E-state index contributed by atoms with van der Waals surface area (Å²) in [4.78, 5) is 0. The molecule has 0 fully saturated rings. The molecule has 124 valence electrons. The van der Waals surface area contributed by atoms with Crippen LogP contribution in [0.3, 0.4) is 0 Å². The van der Waals surface area contributed by atoms with Crippen LogP contribution >= 0.6 is 0 Å². The summed E-state index contributed by atoms with van der Waals surface area (Å²) in [5, 5.41) is 0. The molecule has 0 bridgehead atoms. The molecule has 4 heteroatoms. The van der Waals surface area contributed by atoms with Gasteiger partial charge in [0.2, 0.25) is 0 Å². The molecule has 0 N–H and O–H groups in total. The average Bonchev–Trinajstić information content (AvgIpc) is 3.09. The third-order valence-electron chi connectivity index (χ3n) is 2.93. The van der Waals surface area contributed by atoms with E-state index < -0.39 is 0 Å². The molecule has 0 saturated carbocycles. The molecule has 0 saturated heterocycles. The summed E-state index contributed by atoms with van der Waals surface area (Å²) in [6.45, 7) is 11.3. The van der Waals surface area contributed by atoms with Gasteiger partial charge in [-0.05, 0) is 0 Å². The fourth-order valence-corrected chi connectivity index (χ4v) is 2.05. The maximum atomic E-state index is 2.31. The Morgan fingerprint density at radius 3 is 1.82 bits per heavy atom. The van der Waals surface area contributed by atoms with Gasteiger partial charge in [0, 0.05) is 0 Å². The van der Waals surface area contributed by atoms with Crippen LogP contribution < -0.4 is 24.8 Å². The maximum Gasteiger partial charge on any atom is -0.172 e. The number of hydrogen-bond acceptors (Lipinski definition) is 0. The van der Waals surface area contributed by atoms with E-state index in [0.717, 1.165) is 0 Å². The van der Waals surface area contributed by atoms with Crippen LogP contribution in [0.5, 0.6) is 0 Å². The number of halogens is 2. The first-order chi connectivity index (χ1) is 9.56. The summed E-state index contributed by atoms with van der Waals surface area (Å²) in [6, 6.07) is 14.6. The van der Waals surface area contributed by atoms with Gasteiger partial charge in [-0.3, -0.25) is 0 Å². The van der Waals surface area contributed by atoms with Crippen molar-refractivity contribution in [2.24, 2.45) is 0 Å². The van der Waals surface area contributed by atoms with Crippen molar-refractivity contribution < 1.29 is 48.1 Å². The largest absolute Gasteiger partial charge is 1.00 e. The Morgan fingerprint density at radius 2 is 1.55 bits per heavy atom. The van der Waals surface area contributed by atoms with E-state index in [0.29, 0.717) is 0 Å². The first-order valence-corrected chi connectivity index (χ1v) is 13.7. The molecule has 0 amide bonds. The first kappa shape index (κ1) is 27.2. The molecule has 0 spiro atoms. The number of rotatable bonds is 3. The Morgan fingerprint density at radius 1 is 1.05 bits per heavy atom. The van der Waals surface area contributed by atoms with E-state index in [2.05, 4.69) is 46.0 Å². The van der Waals surface area contributed by atoms with Crippen molar-refractivity contribution in [1.82, 2.24) is 0 Å². The van der Waals surface area contributed by atoms with E-state index in [9.17, 15) is 0 Å². The molecule has 0 atom stereocenters. The van der Waals surface area contributed by atoms with Crippen molar-refractivity contribution in [3.63, 3.8) is 0 Å². The third kappa shape index (κ3) is 12.9. The van der Waals surface area contributed by atoms with Gasteiger partial charge in [0.1, 0.15) is 0 Å². The molecule has 0 aliphatic rings. The molecule has 2 aromatic carbocycles. The minimum absolute atomic E-state index is 0. The van der Waals surface area contributed by atoms with E-state index in [-0.39, 0.29) is 30.2 Å². The van der Waals surface area contributed by atoms with Gasteiger partial charge in [0.05, 0.1) is 0 Å². The fraction of sp³-hybridized carbons (Fsp3) is 0.444. The van der Waals surface area contributed by atoms with Crippen LogP contribution in [0.15, 0.2) is 42.5 Å². The maximum absolute atomic E-state index is 2.31. The van der Waals surface area contributed by atoms with Gasteiger partial charge in [-0.25, -0.2) is 18.2 Å². The average molecular weight is 435 g/mol. The SMILES string of the molecule is CCc1cc[c-](CC)c1CC.C[Si](C)=[Zr+2].[Cl-].[Cl-].c1cc[cH-]c1. The predicted molar refractivity (Wildman–Crippen MR) is 89.7 cm³/mol. The Kier molecular flexibility index (Phi) is 22.0. The summed E-state index contributed by atoms with van der Waals surface area (Å²) >= 11 is 1.74. The van der Waals surface area contributed by atoms with Gasteiger partial charge in [-0.1, -0.05) is 40.0 Å². The second-order valence-corrected chi connectivity index (χ2v) is 14.3. The molecule has 0 aliphatic carbocycles. The smallest absolute Gasteiger partial charge is 0.172 e. The van der Waals surface area contributed by atoms with Gasteiger partial charge in [0.25, 0.3) is 0 Å². The van der Waals surface area contributed by atoms with Gasteiger partial charge >= 0.3 is 41.9 Å². The standard InChI is InChI=1S/C11H17.C5H5.C2H6Si.2ClH.Zr/c1-4-9-7-8-10(5-2)11(9)6-3;1-2-4-5-3-1;1-3-2;;;/h7-8H,4-6H2,1-3H3;1-5H;1-2H3;2*1H;/q2*-1;;;;+2/p-2. The molecule has 0 aromatic heterocycles. The van der Waals surface area contributed by atoms with E-state index in [1.807, 2.05) is 30.3 Å². The summed E-state index contributed by atoms with van der Waals surface area (Å²) in [5.74, 6) is 0. The van der Waals surface area contributed by atoms with E-state index in [4.69, 9.17) is 0 Å². The molecule has 2 aromatic rings. The molecule has 0 heterocycles. The van der Waals surface area contributed by atoms with E-state index in [1.165, 1.54) is 19.3 Å². The Balaban J connectivity index is -0.000000278. The third-order valence-corrected chi connectivity index (χ3v) is 2.93. The van der Waals surface area contributed by atoms with Crippen LogP contribution in [0.4, 0.5) is 0 Å². The van der Waals surface area contributed by atoms with Crippen LogP contribution in [0.2, 0.25) is 13.1 Å². The fourth-order valence-electron chi connectivity index (χ4n) is 2.05. The Bertz CT molecular complexity index is 419. The summed E-state index contributed by atoms with van der Waals surface area (Å²) in [5.41, 5.74) is 4.89. The van der Waals surface area contributed by atoms with Crippen molar-refractivity contribution in [1.29, 1.82) is 0 Å². The van der Waals surface area contributed by atoms with Crippen LogP contribution in [0.25, 0.3) is 0 Å². The topological polar surface area (TPSA) is 0 Å². The monoisotopic (exact) mass is 432 g/mol. The molecular weight excluding hydrogens is 406 g/mol. The van der Waals surface area contributed by atoms with Crippen molar-refractivity contribution in [3.05, 3.63) is 59.2 Å². The van der Waals surface area contributed by atoms with E-state index in [1.54, 1.807) is 40.0 Å². The summed E-state index contributed by atoms with van der Waals surface area (Å²) < 4.78 is 0. The summed E-state index contributed by atoms with van der Waals surface area (Å²) in [7, 11) is 0. The Labute approximate surface area is 165 Å². The van der Waals surface area contributed by atoms with Gasteiger partial charge in [-0.2, -0.15) is 41.0 Å². The van der Waals surface area contributed by atoms with Crippen molar-refractivity contribution in [3.8, 4) is 0 Å². The van der Waals surface area contributed by atoms with Gasteiger partial charge < -0.3 is 24.8 Å².